The Labute approximate surface area is 115 Å². The van der Waals surface area contributed by atoms with Gasteiger partial charge in [-0.05, 0) is 49.4 Å². The van der Waals surface area contributed by atoms with Crippen molar-refractivity contribution >= 4 is 10.9 Å². The normalized spacial score (nSPS) is 23.3. The number of pyridine rings is 1. The molecule has 1 aromatic heterocycles. The summed E-state index contributed by atoms with van der Waals surface area (Å²) in [7, 11) is 0. The van der Waals surface area contributed by atoms with Crippen molar-refractivity contribution in [1.29, 1.82) is 0 Å². The maximum atomic E-state index is 4.46. The highest BCUT2D eigenvalue weighted by atomic mass is 15.0. The monoisotopic (exact) mass is 254 g/mol. The molecule has 0 bridgehead atoms. The third kappa shape index (κ3) is 2.25. The summed E-state index contributed by atoms with van der Waals surface area (Å²) in [6, 6.07) is 10.7. The van der Waals surface area contributed by atoms with Gasteiger partial charge in [-0.25, -0.2) is 0 Å². The molecule has 0 aliphatic carbocycles. The topological polar surface area (TPSA) is 24.9 Å². The summed E-state index contributed by atoms with van der Waals surface area (Å²) in [5.41, 5.74) is 2.80. The molecule has 2 heteroatoms. The summed E-state index contributed by atoms with van der Waals surface area (Å²) in [5.74, 6) is 0.655. The predicted octanol–water partition coefficient (Wildman–Crippen LogP) is 3.56. The van der Waals surface area contributed by atoms with Gasteiger partial charge in [0, 0.05) is 17.1 Å². The number of benzene rings is 1. The summed E-state index contributed by atoms with van der Waals surface area (Å²) in [6.45, 7) is 5.82. The minimum Gasteiger partial charge on any atom is -0.311 e. The second-order valence-corrected chi connectivity index (χ2v) is 6.01. The van der Waals surface area contributed by atoms with Crippen molar-refractivity contribution < 1.29 is 0 Å². The van der Waals surface area contributed by atoms with E-state index in [9.17, 15) is 0 Å². The molecule has 1 N–H and O–H groups in total. The Hall–Kier alpha value is -1.41. The average molecular weight is 254 g/mol. The van der Waals surface area contributed by atoms with Gasteiger partial charge in [-0.2, -0.15) is 0 Å². The fourth-order valence-corrected chi connectivity index (χ4v) is 3.33. The maximum absolute atomic E-state index is 4.46. The first kappa shape index (κ1) is 12.6. The van der Waals surface area contributed by atoms with Crippen LogP contribution in [0.2, 0.25) is 0 Å². The van der Waals surface area contributed by atoms with Crippen LogP contribution in [0, 0.1) is 5.92 Å². The molecular weight excluding hydrogens is 232 g/mol. The number of fused-ring (bicyclic) bond motifs is 1. The fourth-order valence-electron chi connectivity index (χ4n) is 3.33. The van der Waals surface area contributed by atoms with Crippen LogP contribution in [-0.4, -0.2) is 17.1 Å². The lowest BCUT2D eigenvalue weighted by Crippen LogP contribution is -2.46. The molecule has 1 fully saturated rings. The Bertz CT molecular complexity index is 563. The quantitative estimate of drug-likeness (QED) is 0.906. The van der Waals surface area contributed by atoms with E-state index in [4.69, 9.17) is 0 Å². The number of hydrogen-bond donors (Lipinski definition) is 1. The largest absolute Gasteiger partial charge is 0.311 e. The van der Waals surface area contributed by atoms with Crippen LogP contribution in [0.3, 0.4) is 0 Å². The van der Waals surface area contributed by atoms with Gasteiger partial charge in [0.1, 0.15) is 0 Å². The summed E-state index contributed by atoms with van der Waals surface area (Å²) in [6.07, 6.45) is 5.62. The Morgan fingerprint density at radius 3 is 2.84 bits per heavy atom. The number of hydrogen-bond acceptors (Lipinski definition) is 2. The SMILES string of the molecule is CC(C)C1(Cc2ccnc3ccccc23)CCCN1. The number of nitrogens with zero attached hydrogens (tertiary/aromatic N) is 1. The molecule has 0 amide bonds. The molecule has 0 radical (unpaired) electrons. The molecule has 2 heterocycles. The van der Waals surface area contributed by atoms with Crippen LogP contribution < -0.4 is 5.32 Å². The second-order valence-electron chi connectivity index (χ2n) is 6.01. The Morgan fingerprint density at radius 2 is 2.11 bits per heavy atom. The highest BCUT2D eigenvalue weighted by Gasteiger charge is 2.36. The Balaban J connectivity index is 2.01. The van der Waals surface area contributed by atoms with Crippen LogP contribution in [0.5, 0.6) is 0 Å². The lowest BCUT2D eigenvalue weighted by molar-refractivity contribution is 0.270. The molecule has 100 valence electrons. The summed E-state index contributed by atoms with van der Waals surface area (Å²) in [5, 5.41) is 5.07. The van der Waals surface area contributed by atoms with Crippen molar-refractivity contribution in [2.45, 2.75) is 38.6 Å². The molecule has 1 aliphatic heterocycles. The third-order valence-corrected chi connectivity index (χ3v) is 4.63. The number of aromatic nitrogens is 1. The van der Waals surface area contributed by atoms with E-state index < -0.39 is 0 Å². The molecule has 0 spiro atoms. The van der Waals surface area contributed by atoms with Gasteiger partial charge < -0.3 is 5.32 Å². The first-order valence-electron chi connectivity index (χ1n) is 7.29. The smallest absolute Gasteiger partial charge is 0.0704 e. The molecule has 2 nitrogen and oxygen atoms in total. The molecule has 1 aliphatic rings. The van der Waals surface area contributed by atoms with Gasteiger partial charge in [0.2, 0.25) is 0 Å². The first-order valence-corrected chi connectivity index (χ1v) is 7.29. The van der Waals surface area contributed by atoms with Crippen LogP contribution >= 0.6 is 0 Å². The van der Waals surface area contributed by atoms with Crippen molar-refractivity contribution in [1.82, 2.24) is 10.3 Å². The van der Waals surface area contributed by atoms with E-state index in [0.29, 0.717) is 5.92 Å². The standard InChI is InChI=1S/C17H22N2/c1-13(2)17(9-5-10-19-17)12-14-8-11-18-16-7-4-3-6-15(14)16/h3-4,6-8,11,13,19H,5,9-10,12H2,1-2H3. The van der Waals surface area contributed by atoms with Gasteiger partial charge in [0.25, 0.3) is 0 Å². The Morgan fingerprint density at radius 1 is 1.26 bits per heavy atom. The highest BCUT2D eigenvalue weighted by molar-refractivity contribution is 5.81. The van der Waals surface area contributed by atoms with Gasteiger partial charge in [-0.15, -0.1) is 0 Å². The zero-order chi connectivity index (χ0) is 13.3. The van der Waals surface area contributed by atoms with E-state index in [0.717, 1.165) is 18.5 Å². The van der Waals surface area contributed by atoms with Gasteiger partial charge in [0.15, 0.2) is 0 Å². The molecule has 2 aromatic rings. The number of nitrogens with one attached hydrogen (secondary N) is 1. The van der Waals surface area contributed by atoms with Crippen molar-refractivity contribution in [3.05, 3.63) is 42.1 Å². The molecule has 0 saturated carbocycles. The van der Waals surface area contributed by atoms with Gasteiger partial charge >= 0.3 is 0 Å². The van der Waals surface area contributed by atoms with Crippen LogP contribution in [-0.2, 0) is 6.42 Å². The zero-order valence-electron chi connectivity index (χ0n) is 11.8. The lowest BCUT2D eigenvalue weighted by Gasteiger charge is -2.34. The molecule has 1 saturated heterocycles. The van der Waals surface area contributed by atoms with Crippen LogP contribution in [0.4, 0.5) is 0 Å². The fraction of sp³-hybridized carbons (Fsp3) is 0.471. The van der Waals surface area contributed by atoms with E-state index in [1.165, 1.54) is 23.8 Å². The van der Waals surface area contributed by atoms with Crippen LogP contribution in [0.25, 0.3) is 10.9 Å². The van der Waals surface area contributed by atoms with Gasteiger partial charge in [-0.3, -0.25) is 4.98 Å². The van der Waals surface area contributed by atoms with E-state index in [1.54, 1.807) is 0 Å². The minimum atomic E-state index is 0.268. The summed E-state index contributed by atoms with van der Waals surface area (Å²) >= 11 is 0. The minimum absolute atomic E-state index is 0.268. The molecule has 19 heavy (non-hydrogen) atoms. The van der Waals surface area contributed by atoms with E-state index in [2.05, 4.69) is 54.5 Å². The van der Waals surface area contributed by atoms with Crippen molar-refractivity contribution in [3.8, 4) is 0 Å². The molecular formula is C17H22N2. The molecule has 3 rings (SSSR count). The van der Waals surface area contributed by atoms with Crippen molar-refractivity contribution in [2.75, 3.05) is 6.54 Å². The molecule has 1 atom stereocenters. The maximum Gasteiger partial charge on any atom is 0.0704 e. The van der Waals surface area contributed by atoms with Crippen LogP contribution in [0.15, 0.2) is 36.5 Å². The second kappa shape index (κ2) is 4.93. The molecule has 1 aromatic carbocycles. The first-order chi connectivity index (χ1) is 9.21. The zero-order valence-corrected chi connectivity index (χ0v) is 11.8. The van der Waals surface area contributed by atoms with Gasteiger partial charge in [-0.1, -0.05) is 32.0 Å². The van der Waals surface area contributed by atoms with Gasteiger partial charge in [0.05, 0.1) is 5.52 Å². The summed E-state index contributed by atoms with van der Waals surface area (Å²) in [4.78, 5) is 4.46. The summed E-state index contributed by atoms with van der Waals surface area (Å²) < 4.78 is 0. The lowest BCUT2D eigenvalue weighted by atomic mass is 9.79. The number of rotatable bonds is 3. The van der Waals surface area contributed by atoms with E-state index >= 15 is 0 Å². The average Bonchev–Trinajstić information content (AvgIpc) is 2.89. The number of para-hydroxylation sites is 1. The molecule has 1 unspecified atom stereocenters. The predicted molar refractivity (Wildman–Crippen MR) is 80.3 cm³/mol. The van der Waals surface area contributed by atoms with E-state index in [1.807, 2.05) is 6.20 Å². The van der Waals surface area contributed by atoms with Crippen molar-refractivity contribution in [2.24, 2.45) is 5.92 Å². The van der Waals surface area contributed by atoms with Crippen LogP contribution in [0.1, 0.15) is 32.3 Å². The highest BCUT2D eigenvalue weighted by Crippen LogP contribution is 2.33. The Kier molecular flexibility index (Phi) is 3.28. The van der Waals surface area contributed by atoms with Crippen molar-refractivity contribution in [3.63, 3.8) is 0 Å². The third-order valence-electron chi connectivity index (χ3n) is 4.63. The van der Waals surface area contributed by atoms with E-state index in [-0.39, 0.29) is 5.54 Å².